The predicted octanol–water partition coefficient (Wildman–Crippen LogP) is 4.44. The normalized spacial score (nSPS) is 10.2. The molecule has 0 aliphatic heterocycles. The lowest BCUT2D eigenvalue weighted by atomic mass is 10.1. The molecule has 3 nitrogen and oxygen atoms in total. The van der Waals surface area contributed by atoms with Gasteiger partial charge in [0.1, 0.15) is 0 Å². The maximum absolute atomic E-state index is 12.4. The summed E-state index contributed by atoms with van der Waals surface area (Å²) in [6.45, 7) is 4.75. The quantitative estimate of drug-likeness (QED) is 0.868. The van der Waals surface area contributed by atoms with Crippen molar-refractivity contribution in [2.45, 2.75) is 13.8 Å². The second-order valence-corrected chi connectivity index (χ2v) is 5.30. The fourth-order valence-electron chi connectivity index (χ4n) is 1.96. The van der Waals surface area contributed by atoms with Crippen molar-refractivity contribution in [2.24, 2.45) is 0 Å². The van der Waals surface area contributed by atoms with Gasteiger partial charge in [0.25, 0.3) is 5.91 Å². The molecule has 0 saturated carbocycles. The molecule has 0 heterocycles. The summed E-state index contributed by atoms with van der Waals surface area (Å²) in [5.74, 6) is -0.109. The molecule has 20 heavy (non-hydrogen) atoms. The Hall–Kier alpha value is -1.81. The summed E-state index contributed by atoms with van der Waals surface area (Å²) in [4.78, 5) is 12.4. The van der Waals surface area contributed by atoms with Crippen LogP contribution >= 0.6 is 15.9 Å². The van der Waals surface area contributed by atoms with E-state index in [-0.39, 0.29) is 5.91 Å². The van der Waals surface area contributed by atoms with Crippen molar-refractivity contribution >= 4 is 33.2 Å². The van der Waals surface area contributed by atoms with E-state index in [9.17, 15) is 4.79 Å². The monoisotopic (exact) mass is 332 g/mol. The van der Waals surface area contributed by atoms with Crippen LogP contribution in [0.4, 0.5) is 11.4 Å². The Balaban J connectivity index is 2.26. The van der Waals surface area contributed by atoms with Crippen LogP contribution in [0.25, 0.3) is 0 Å². The van der Waals surface area contributed by atoms with Crippen molar-refractivity contribution in [1.29, 1.82) is 0 Å². The van der Waals surface area contributed by atoms with Crippen LogP contribution < -0.4 is 10.6 Å². The summed E-state index contributed by atoms with van der Waals surface area (Å²) in [5, 5.41) is 6.16. The number of para-hydroxylation sites is 1. The van der Waals surface area contributed by atoms with Crippen molar-refractivity contribution in [3.05, 3.63) is 58.1 Å². The molecule has 2 aromatic carbocycles. The van der Waals surface area contributed by atoms with Crippen LogP contribution in [0.15, 0.2) is 46.9 Å². The number of carbonyl (C=O) groups is 1. The van der Waals surface area contributed by atoms with E-state index in [1.165, 1.54) is 0 Å². The predicted molar refractivity (Wildman–Crippen MR) is 87.4 cm³/mol. The molecule has 0 bridgehead atoms. The molecular weight excluding hydrogens is 316 g/mol. The highest BCUT2D eigenvalue weighted by atomic mass is 79.9. The van der Waals surface area contributed by atoms with Crippen LogP contribution in [0.3, 0.4) is 0 Å². The lowest BCUT2D eigenvalue weighted by molar-refractivity contribution is 0.102. The van der Waals surface area contributed by atoms with Crippen molar-refractivity contribution < 1.29 is 4.79 Å². The summed E-state index contributed by atoms with van der Waals surface area (Å²) in [6, 6.07) is 13.3. The fraction of sp³-hybridized carbons (Fsp3) is 0.188. The summed E-state index contributed by atoms with van der Waals surface area (Å²) >= 11 is 3.47. The highest BCUT2D eigenvalue weighted by Crippen LogP contribution is 2.25. The Bertz CT molecular complexity index is 626. The van der Waals surface area contributed by atoms with Gasteiger partial charge in [0.2, 0.25) is 0 Å². The second kappa shape index (κ2) is 6.57. The maximum Gasteiger partial charge on any atom is 0.257 e. The van der Waals surface area contributed by atoms with E-state index in [0.717, 1.165) is 28.0 Å². The number of halogens is 1. The lowest BCUT2D eigenvalue weighted by Crippen LogP contribution is -2.15. The smallest absolute Gasteiger partial charge is 0.257 e. The van der Waals surface area contributed by atoms with Crippen LogP contribution in [0.1, 0.15) is 22.8 Å². The highest BCUT2D eigenvalue weighted by molar-refractivity contribution is 9.10. The fourth-order valence-corrected chi connectivity index (χ4v) is 2.32. The Morgan fingerprint density at radius 2 is 1.80 bits per heavy atom. The van der Waals surface area contributed by atoms with E-state index < -0.39 is 0 Å². The molecule has 0 saturated heterocycles. The minimum atomic E-state index is -0.109. The third kappa shape index (κ3) is 3.20. The van der Waals surface area contributed by atoms with Gasteiger partial charge >= 0.3 is 0 Å². The number of anilines is 2. The molecule has 0 fully saturated rings. The van der Waals surface area contributed by atoms with Gasteiger partial charge in [-0.1, -0.05) is 34.1 Å². The molecule has 2 rings (SSSR count). The minimum absolute atomic E-state index is 0.109. The van der Waals surface area contributed by atoms with Crippen molar-refractivity contribution in [3.63, 3.8) is 0 Å². The van der Waals surface area contributed by atoms with E-state index in [0.29, 0.717) is 5.56 Å². The number of rotatable bonds is 4. The van der Waals surface area contributed by atoms with Crippen LogP contribution in [-0.2, 0) is 0 Å². The van der Waals surface area contributed by atoms with Gasteiger partial charge in [-0.2, -0.15) is 0 Å². The standard InChI is InChI=1S/C16H17BrN2O/c1-3-18-15-9-5-4-7-12(15)16(20)19-14-10-6-8-13(17)11(14)2/h4-10,18H,3H2,1-2H3,(H,19,20). The highest BCUT2D eigenvalue weighted by Gasteiger charge is 2.12. The zero-order valence-electron chi connectivity index (χ0n) is 11.5. The molecule has 0 radical (unpaired) electrons. The molecule has 0 aliphatic rings. The van der Waals surface area contributed by atoms with E-state index in [1.54, 1.807) is 0 Å². The van der Waals surface area contributed by atoms with Crippen molar-refractivity contribution in [3.8, 4) is 0 Å². The van der Waals surface area contributed by atoms with Crippen molar-refractivity contribution in [1.82, 2.24) is 0 Å². The summed E-state index contributed by atoms with van der Waals surface area (Å²) < 4.78 is 0.982. The van der Waals surface area contributed by atoms with Gasteiger partial charge in [-0.15, -0.1) is 0 Å². The molecule has 2 N–H and O–H groups in total. The maximum atomic E-state index is 12.4. The largest absolute Gasteiger partial charge is 0.385 e. The van der Waals surface area contributed by atoms with Gasteiger partial charge in [-0.05, 0) is 43.7 Å². The third-order valence-electron chi connectivity index (χ3n) is 3.05. The summed E-state index contributed by atoms with van der Waals surface area (Å²) in [5.41, 5.74) is 3.33. The van der Waals surface area contributed by atoms with E-state index >= 15 is 0 Å². The average Bonchev–Trinajstić information content (AvgIpc) is 2.45. The molecule has 0 aliphatic carbocycles. The van der Waals surface area contributed by atoms with E-state index in [1.807, 2.05) is 56.3 Å². The second-order valence-electron chi connectivity index (χ2n) is 4.44. The Morgan fingerprint density at radius 1 is 1.10 bits per heavy atom. The first kappa shape index (κ1) is 14.6. The summed E-state index contributed by atoms with van der Waals surface area (Å²) in [6.07, 6.45) is 0. The van der Waals surface area contributed by atoms with Crippen LogP contribution in [0, 0.1) is 6.92 Å². The first-order valence-corrected chi connectivity index (χ1v) is 7.32. The third-order valence-corrected chi connectivity index (χ3v) is 3.91. The Morgan fingerprint density at radius 3 is 2.55 bits per heavy atom. The van der Waals surface area contributed by atoms with Gasteiger partial charge in [-0.25, -0.2) is 0 Å². The molecule has 104 valence electrons. The first-order valence-electron chi connectivity index (χ1n) is 6.53. The van der Waals surface area contributed by atoms with Gasteiger partial charge in [0.15, 0.2) is 0 Å². The van der Waals surface area contributed by atoms with Gasteiger partial charge in [0.05, 0.1) is 5.56 Å². The molecule has 0 spiro atoms. The average molecular weight is 333 g/mol. The SMILES string of the molecule is CCNc1ccccc1C(=O)Nc1cccc(Br)c1C. The molecule has 2 aromatic rings. The van der Waals surface area contributed by atoms with Crippen LogP contribution in [0.5, 0.6) is 0 Å². The molecule has 4 heteroatoms. The lowest BCUT2D eigenvalue weighted by Gasteiger charge is -2.13. The number of hydrogen-bond donors (Lipinski definition) is 2. The summed E-state index contributed by atoms with van der Waals surface area (Å²) in [7, 11) is 0. The van der Waals surface area contributed by atoms with Gasteiger partial charge in [-0.3, -0.25) is 4.79 Å². The topological polar surface area (TPSA) is 41.1 Å². The minimum Gasteiger partial charge on any atom is -0.385 e. The van der Waals surface area contributed by atoms with E-state index in [2.05, 4.69) is 26.6 Å². The molecule has 0 aromatic heterocycles. The van der Waals surface area contributed by atoms with Crippen molar-refractivity contribution in [2.75, 3.05) is 17.2 Å². The molecule has 1 amide bonds. The number of carbonyl (C=O) groups excluding carboxylic acids is 1. The number of hydrogen-bond acceptors (Lipinski definition) is 2. The number of nitrogens with one attached hydrogen (secondary N) is 2. The van der Waals surface area contributed by atoms with Gasteiger partial charge in [0, 0.05) is 22.4 Å². The Labute approximate surface area is 127 Å². The van der Waals surface area contributed by atoms with Crippen LogP contribution in [0.2, 0.25) is 0 Å². The van der Waals surface area contributed by atoms with E-state index in [4.69, 9.17) is 0 Å². The Kier molecular flexibility index (Phi) is 4.79. The zero-order valence-corrected chi connectivity index (χ0v) is 13.1. The number of amides is 1. The molecule has 0 atom stereocenters. The first-order chi connectivity index (χ1) is 9.63. The molecular formula is C16H17BrN2O. The number of benzene rings is 2. The molecule has 0 unspecified atom stereocenters. The van der Waals surface area contributed by atoms with Crippen LogP contribution in [-0.4, -0.2) is 12.5 Å². The van der Waals surface area contributed by atoms with Gasteiger partial charge < -0.3 is 10.6 Å². The zero-order chi connectivity index (χ0) is 14.5.